The van der Waals surface area contributed by atoms with Crippen LogP contribution in [0.25, 0.3) is 0 Å². The van der Waals surface area contributed by atoms with Gasteiger partial charge in [-0.2, -0.15) is 0 Å². The molecule has 0 amide bonds. The number of aliphatic hydroxyl groups is 1. The first-order valence-electron chi connectivity index (χ1n) is 6.04. The monoisotopic (exact) mass is 222 g/mol. The highest BCUT2D eigenvalue weighted by Crippen LogP contribution is 2.34. The van der Waals surface area contributed by atoms with Gasteiger partial charge in [0.2, 0.25) is 0 Å². The van der Waals surface area contributed by atoms with Gasteiger partial charge in [-0.1, -0.05) is 19.1 Å². The van der Waals surface area contributed by atoms with Crippen LogP contribution in [-0.4, -0.2) is 10.7 Å². The maximum absolute atomic E-state index is 12.7. The molecule has 2 rings (SSSR count). The van der Waals surface area contributed by atoms with Crippen molar-refractivity contribution in [1.82, 2.24) is 0 Å². The average Bonchev–Trinajstić information content (AvgIpc) is 2.27. The number of hydrogen-bond donors (Lipinski definition) is 1. The first-order chi connectivity index (χ1) is 7.57. The zero-order valence-electron chi connectivity index (χ0n) is 9.75. The maximum Gasteiger partial charge on any atom is 0.123 e. The van der Waals surface area contributed by atoms with Crippen LogP contribution in [0.4, 0.5) is 4.39 Å². The maximum atomic E-state index is 12.7. The van der Waals surface area contributed by atoms with Gasteiger partial charge >= 0.3 is 0 Å². The fourth-order valence-electron chi connectivity index (χ4n) is 2.46. The van der Waals surface area contributed by atoms with Gasteiger partial charge in [0.05, 0.1) is 5.60 Å². The van der Waals surface area contributed by atoms with Crippen LogP contribution in [0.15, 0.2) is 24.3 Å². The second-order valence-corrected chi connectivity index (χ2v) is 5.21. The summed E-state index contributed by atoms with van der Waals surface area (Å²) in [6, 6.07) is 6.46. The molecule has 16 heavy (non-hydrogen) atoms. The molecule has 1 aromatic rings. The fourth-order valence-corrected chi connectivity index (χ4v) is 2.46. The molecular formula is C14H19FO. The summed E-state index contributed by atoms with van der Waals surface area (Å²) in [5.74, 6) is 0.515. The van der Waals surface area contributed by atoms with E-state index in [4.69, 9.17) is 0 Å². The lowest BCUT2D eigenvalue weighted by Gasteiger charge is -2.35. The van der Waals surface area contributed by atoms with Crippen LogP contribution >= 0.6 is 0 Å². The van der Waals surface area contributed by atoms with Crippen molar-refractivity contribution in [3.63, 3.8) is 0 Å². The van der Waals surface area contributed by atoms with Gasteiger partial charge in [-0.3, -0.25) is 0 Å². The van der Waals surface area contributed by atoms with Crippen molar-refractivity contribution in [3.05, 3.63) is 35.6 Å². The summed E-state index contributed by atoms with van der Waals surface area (Å²) in [6.45, 7) is 2.23. The highest BCUT2D eigenvalue weighted by atomic mass is 19.1. The van der Waals surface area contributed by atoms with Gasteiger partial charge in [-0.15, -0.1) is 0 Å². The molecule has 1 aromatic carbocycles. The SMILES string of the molecule is CC1CCC(O)(Cc2ccc(F)cc2)CC1. The standard InChI is InChI=1S/C14H19FO/c1-11-6-8-14(16,9-7-11)10-12-2-4-13(15)5-3-12/h2-5,11,16H,6-10H2,1H3. The van der Waals surface area contributed by atoms with Crippen molar-refractivity contribution in [2.45, 2.75) is 44.6 Å². The molecular weight excluding hydrogens is 203 g/mol. The van der Waals surface area contributed by atoms with Crippen LogP contribution in [0.5, 0.6) is 0 Å². The molecule has 0 unspecified atom stereocenters. The van der Waals surface area contributed by atoms with Crippen molar-refractivity contribution in [3.8, 4) is 0 Å². The number of hydrogen-bond acceptors (Lipinski definition) is 1. The Kier molecular flexibility index (Phi) is 3.29. The summed E-state index contributed by atoms with van der Waals surface area (Å²) < 4.78 is 12.7. The molecule has 1 saturated carbocycles. The molecule has 0 aromatic heterocycles. The smallest absolute Gasteiger partial charge is 0.123 e. The van der Waals surface area contributed by atoms with Gasteiger partial charge in [-0.25, -0.2) is 4.39 Å². The molecule has 0 radical (unpaired) electrons. The third-order valence-corrected chi connectivity index (χ3v) is 3.65. The fraction of sp³-hybridized carbons (Fsp3) is 0.571. The molecule has 1 fully saturated rings. The Morgan fingerprint density at radius 3 is 2.38 bits per heavy atom. The molecule has 1 N–H and O–H groups in total. The lowest BCUT2D eigenvalue weighted by atomic mass is 9.76. The van der Waals surface area contributed by atoms with Gasteiger partial charge in [0.15, 0.2) is 0 Å². The minimum atomic E-state index is -0.565. The summed E-state index contributed by atoms with van der Waals surface area (Å²) in [6.07, 6.45) is 4.58. The van der Waals surface area contributed by atoms with Crippen LogP contribution in [0.1, 0.15) is 38.2 Å². The average molecular weight is 222 g/mol. The molecule has 1 nitrogen and oxygen atoms in total. The van der Waals surface area contributed by atoms with E-state index >= 15 is 0 Å². The quantitative estimate of drug-likeness (QED) is 0.814. The summed E-state index contributed by atoms with van der Waals surface area (Å²) in [7, 11) is 0. The molecule has 0 spiro atoms. The Balaban J connectivity index is 2.00. The van der Waals surface area contributed by atoms with E-state index in [9.17, 15) is 9.50 Å². The lowest BCUT2D eigenvalue weighted by molar-refractivity contribution is -0.00668. The highest BCUT2D eigenvalue weighted by molar-refractivity contribution is 5.18. The molecule has 0 heterocycles. The Morgan fingerprint density at radius 2 is 1.81 bits per heavy atom. The molecule has 0 bridgehead atoms. The van der Waals surface area contributed by atoms with Crippen molar-refractivity contribution in [2.24, 2.45) is 5.92 Å². The van der Waals surface area contributed by atoms with Gasteiger partial charge in [0.25, 0.3) is 0 Å². The van der Waals surface area contributed by atoms with E-state index in [0.717, 1.165) is 37.2 Å². The van der Waals surface area contributed by atoms with E-state index in [1.165, 1.54) is 12.1 Å². The zero-order valence-corrected chi connectivity index (χ0v) is 9.75. The number of rotatable bonds is 2. The van der Waals surface area contributed by atoms with Crippen LogP contribution < -0.4 is 0 Å². The molecule has 0 saturated heterocycles. The second kappa shape index (κ2) is 4.54. The normalized spacial score (nSPS) is 30.3. The third kappa shape index (κ3) is 2.82. The first kappa shape index (κ1) is 11.6. The van der Waals surface area contributed by atoms with Gasteiger partial charge < -0.3 is 5.11 Å². The number of benzene rings is 1. The van der Waals surface area contributed by atoms with E-state index < -0.39 is 5.60 Å². The van der Waals surface area contributed by atoms with Crippen molar-refractivity contribution in [1.29, 1.82) is 0 Å². The van der Waals surface area contributed by atoms with Crippen LogP contribution in [0, 0.1) is 11.7 Å². The van der Waals surface area contributed by atoms with E-state index in [1.54, 1.807) is 12.1 Å². The van der Waals surface area contributed by atoms with Crippen LogP contribution in [-0.2, 0) is 6.42 Å². The highest BCUT2D eigenvalue weighted by Gasteiger charge is 2.31. The van der Waals surface area contributed by atoms with Crippen LogP contribution in [0.2, 0.25) is 0 Å². The van der Waals surface area contributed by atoms with E-state index in [0.29, 0.717) is 6.42 Å². The molecule has 1 aliphatic carbocycles. The largest absolute Gasteiger partial charge is 0.390 e. The Hall–Kier alpha value is -0.890. The number of halogens is 1. The predicted molar refractivity (Wildman–Crippen MR) is 62.7 cm³/mol. The van der Waals surface area contributed by atoms with E-state index in [2.05, 4.69) is 6.92 Å². The van der Waals surface area contributed by atoms with Crippen LogP contribution in [0.3, 0.4) is 0 Å². The molecule has 0 atom stereocenters. The van der Waals surface area contributed by atoms with E-state index in [1.807, 2.05) is 0 Å². The second-order valence-electron chi connectivity index (χ2n) is 5.21. The Morgan fingerprint density at radius 1 is 1.25 bits per heavy atom. The molecule has 1 aliphatic rings. The topological polar surface area (TPSA) is 20.2 Å². The zero-order chi connectivity index (χ0) is 11.6. The molecule has 2 heteroatoms. The minimum Gasteiger partial charge on any atom is -0.390 e. The Labute approximate surface area is 96.3 Å². The predicted octanol–water partition coefficient (Wildman–Crippen LogP) is 3.31. The van der Waals surface area contributed by atoms with Crippen molar-refractivity contribution in [2.75, 3.05) is 0 Å². The first-order valence-corrected chi connectivity index (χ1v) is 6.04. The summed E-state index contributed by atoms with van der Waals surface area (Å²) in [4.78, 5) is 0. The lowest BCUT2D eigenvalue weighted by Crippen LogP contribution is -2.35. The summed E-state index contributed by atoms with van der Waals surface area (Å²) in [5.41, 5.74) is 0.461. The Bertz CT molecular complexity index is 336. The summed E-state index contributed by atoms with van der Waals surface area (Å²) >= 11 is 0. The minimum absolute atomic E-state index is 0.215. The van der Waals surface area contributed by atoms with Gasteiger partial charge in [0, 0.05) is 6.42 Å². The molecule has 88 valence electrons. The third-order valence-electron chi connectivity index (χ3n) is 3.65. The van der Waals surface area contributed by atoms with Crippen molar-refractivity contribution < 1.29 is 9.50 Å². The summed E-state index contributed by atoms with van der Waals surface area (Å²) in [5, 5.41) is 10.4. The van der Waals surface area contributed by atoms with Crippen molar-refractivity contribution >= 4 is 0 Å². The van der Waals surface area contributed by atoms with Gasteiger partial charge in [-0.05, 0) is 49.3 Å². The van der Waals surface area contributed by atoms with E-state index in [-0.39, 0.29) is 5.82 Å². The van der Waals surface area contributed by atoms with Gasteiger partial charge in [0.1, 0.15) is 5.82 Å². The molecule has 0 aliphatic heterocycles.